The van der Waals surface area contributed by atoms with E-state index in [1.54, 1.807) is 36.9 Å². The third-order valence-corrected chi connectivity index (χ3v) is 24.3. The topological polar surface area (TPSA) is 140 Å². The molecule has 10 heterocycles. The molecule has 13 aromatic carbocycles. The number of carbonyl (C=O) groups excluding carboxylic acids is 1. The van der Waals surface area contributed by atoms with Gasteiger partial charge in [0.25, 0.3) is 0 Å². The van der Waals surface area contributed by atoms with Gasteiger partial charge < -0.3 is 40.0 Å². The van der Waals surface area contributed by atoms with Gasteiger partial charge in [-0.05, 0) is 182 Å². The first-order valence-corrected chi connectivity index (χ1v) is 47.9. The molecule has 0 unspecified atom stereocenters. The molecule has 1 N–H and O–H groups in total. The summed E-state index contributed by atoms with van der Waals surface area (Å²) in [6.45, 7) is 11.5. The summed E-state index contributed by atoms with van der Waals surface area (Å²) >= 11 is 3.62. The van der Waals surface area contributed by atoms with Crippen LogP contribution in [-0.2, 0) is 112 Å². The maximum atomic E-state index is 10.0. The number of allylic oxidation sites excluding steroid dienone is 2. The maximum absolute atomic E-state index is 10.0. The zero-order valence-corrected chi connectivity index (χ0v) is 94.5. The summed E-state index contributed by atoms with van der Waals surface area (Å²) in [6, 6.07) is 158. The van der Waals surface area contributed by atoms with Gasteiger partial charge in [0.15, 0.2) is 5.78 Å². The Morgan fingerprint density at radius 3 is 1.08 bits per heavy atom. The number of aliphatic hydroxyl groups excluding tert-OH is 1. The second kappa shape index (κ2) is 59.6. The molecule has 146 heavy (non-hydrogen) atoms. The normalized spacial score (nSPS) is 10.6. The Kier molecular flexibility index (Phi) is 44.7. The summed E-state index contributed by atoms with van der Waals surface area (Å²) in [5, 5.41) is 14.8. The number of aliphatic hydroxyl groups is 1. The Hall–Kier alpha value is -13.8. The predicted molar refractivity (Wildman–Crippen MR) is 587 cm³/mol. The molecule has 0 atom stereocenters. The van der Waals surface area contributed by atoms with Crippen LogP contribution in [0.4, 0.5) is 0 Å². The first-order valence-electron chi connectivity index (χ1n) is 47.7. The van der Waals surface area contributed by atoms with Gasteiger partial charge in [-0.1, -0.05) is 233 Å². The second-order valence-electron chi connectivity index (χ2n) is 33.0. The van der Waals surface area contributed by atoms with Crippen LogP contribution < -0.4 is 0 Å². The summed E-state index contributed by atoms with van der Waals surface area (Å²) in [5.74, 6) is 0.588. The van der Waals surface area contributed by atoms with Gasteiger partial charge in [0, 0.05) is 180 Å². The summed E-state index contributed by atoms with van der Waals surface area (Å²) in [7, 11) is 0. The Labute approximate surface area is 937 Å². The monoisotopic (exact) mass is 2830 g/mol. The molecule has 0 amide bonds. The molecule has 0 spiro atoms. The number of nitrogens with zero attached hydrogens (tertiary/aromatic N) is 8. The number of pyridine rings is 8. The van der Waals surface area contributed by atoms with E-state index >= 15 is 0 Å². The van der Waals surface area contributed by atoms with Crippen LogP contribution in [0.15, 0.2) is 456 Å². The van der Waals surface area contributed by atoms with E-state index in [1.165, 1.54) is 93.5 Å². The third kappa shape index (κ3) is 32.9. The van der Waals surface area contributed by atoms with Gasteiger partial charge in [-0.2, -0.15) is 22.7 Å². The molecule has 5 radical (unpaired) electrons. The number of fused-ring (bicyclic) bond motifs is 7. The first kappa shape index (κ1) is 109. The number of carbonyl (C=O) groups is 1. The van der Waals surface area contributed by atoms with Gasteiger partial charge in [0.2, 0.25) is 0 Å². The molecule has 0 aliphatic heterocycles. The van der Waals surface area contributed by atoms with Gasteiger partial charge in [-0.25, -0.2) is 0 Å². The van der Waals surface area contributed by atoms with Gasteiger partial charge in [-0.15, -0.1) is 262 Å². The largest absolute Gasteiger partial charge is 0.512 e. The minimum absolute atomic E-state index is 0. The molecule has 23 rings (SSSR count). The molecule has 0 saturated carbocycles. The number of benzene rings is 13. The van der Waals surface area contributed by atoms with Gasteiger partial charge in [0.1, 0.15) is 0 Å². The number of aryl methyl sites for hydroxylation is 4. The molecule has 735 valence electrons. The van der Waals surface area contributed by atoms with Crippen LogP contribution in [0.25, 0.3) is 164 Å². The van der Waals surface area contributed by atoms with E-state index in [-0.39, 0.29) is 112 Å². The summed E-state index contributed by atoms with van der Waals surface area (Å²) in [5.41, 5.74) is 26.0. The molecule has 23 aromatic rings. The van der Waals surface area contributed by atoms with Crippen molar-refractivity contribution in [3.05, 3.63) is 532 Å². The number of hydrogen-bond acceptors (Lipinski definition) is 12. The van der Waals surface area contributed by atoms with Crippen molar-refractivity contribution in [2.75, 3.05) is 0 Å². The average Bonchev–Trinajstić information content (AvgIpc) is 1.63. The van der Waals surface area contributed by atoms with Crippen LogP contribution >= 0.6 is 22.7 Å². The predicted octanol–water partition coefficient (Wildman–Crippen LogP) is 33.1. The third-order valence-electron chi connectivity index (χ3n) is 21.9. The van der Waals surface area contributed by atoms with Crippen molar-refractivity contribution in [1.82, 2.24) is 39.9 Å². The average molecular weight is 2820 g/mol. The molecular weight excluding hydrogens is 2720 g/mol. The van der Waals surface area contributed by atoms with E-state index in [0.29, 0.717) is 22.7 Å². The molecule has 0 aliphatic carbocycles. The van der Waals surface area contributed by atoms with Crippen molar-refractivity contribution in [2.45, 2.75) is 61.7 Å². The van der Waals surface area contributed by atoms with E-state index in [2.05, 4.69) is 239 Å². The SMILES string of the molecule is CC(=O)C=C(C)O.Cc1[c-]c(-c2ccc3c(CC(C)C)cccc3n2)cc(C)c1.Cc1cc(-c2[c-]cccc2)ncc1-c1ccccc1.[2H]C([2H])([2H])c1cc(-c2[c-]cccc2)ncc1-c1ccccc1.[Ir].[Ir].[Ir].[Ir].[Ir].[c-]1ccc2c(sc3ccccc32)c1-c1ccccn1.[c-]1ccc2c(sc3ccccc32)c1-c1ccccn1.[c-]1ccccc1-c1ccccn1.[c-]1ccccc1-c1ccccn1.[c-]1ccccc1-c1ccccn1. The molecular formula is C129H102Ir5N8O2S2-8. The summed E-state index contributed by atoms with van der Waals surface area (Å²) < 4.78 is 28.6. The van der Waals surface area contributed by atoms with Crippen molar-refractivity contribution < 1.29 is 115 Å². The van der Waals surface area contributed by atoms with Crippen molar-refractivity contribution in [3.63, 3.8) is 0 Å². The quantitative estimate of drug-likeness (QED) is 0.0674. The van der Waals surface area contributed by atoms with Gasteiger partial charge in [-0.3, -0.25) is 9.78 Å². The standard InChI is InChI=1S/C21H22N.2C18H14N.2C17H10NS.3C11H8N.C5H8O2.5Ir/c1-14(2)10-17-6-5-7-21-19(17)8-9-20(22-21)18-12-15(3)11-16(4)13-18;2*1-14-12-18(16-10-6-3-7-11-16)19-13-17(14)15-8-4-2-5-9-15;2*1-2-10-16-12(6-1)13-7-5-8-14(17(13)19-16)15-9-3-4-11-18-15;3*1-2-6-10(7-3-1)11-8-4-5-9-12-11;1-4(6)3-5(2)7;;;;;/h5-9,11-12,14H,10H2,1-4H3;2*2-10,12-13H,1H3;2*1-7,9-11H;3*1-6,8-9H;3,6H,1-2H3;;;;;/q8*-1;;;;;;/i;1D3;;;;;;;;;;;;. The van der Waals surface area contributed by atoms with Crippen molar-refractivity contribution >= 4 is 79.7 Å². The van der Waals surface area contributed by atoms with Crippen LogP contribution in [0, 0.1) is 82.1 Å². The van der Waals surface area contributed by atoms with Crippen LogP contribution in [0.3, 0.4) is 0 Å². The molecule has 10 nitrogen and oxygen atoms in total. The van der Waals surface area contributed by atoms with E-state index < -0.39 is 6.85 Å². The minimum atomic E-state index is -2.20. The fraction of sp³-hybridized carbons (Fsp3) is 0.0775. The van der Waals surface area contributed by atoms with E-state index in [0.717, 1.165) is 107 Å². The van der Waals surface area contributed by atoms with Crippen molar-refractivity contribution in [2.24, 2.45) is 5.92 Å². The smallest absolute Gasteiger partial charge is 0.155 e. The second-order valence-corrected chi connectivity index (χ2v) is 35.1. The Bertz CT molecular complexity index is 7590. The molecule has 10 aromatic heterocycles. The molecule has 0 aliphatic rings. The van der Waals surface area contributed by atoms with Gasteiger partial charge >= 0.3 is 0 Å². The van der Waals surface area contributed by atoms with Crippen molar-refractivity contribution in [1.29, 1.82) is 0 Å². The zero-order chi connectivity index (χ0) is 100. The van der Waals surface area contributed by atoms with E-state index in [9.17, 15) is 4.79 Å². The van der Waals surface area contributed by atoms with E-state index in [4.69, 9.17) is 14.2 Å². The van der Waals surface area contributed by atoms with Crippen LogP contribution in [0.5, 0.6) is 0 Å². The van der Waals surface area contributed by atoms with E-state index in [1.807, 2.05) is 308 Å². The fourth-order valence-corrected chi connectivity index (χ4v) is 17.9. The molecule has 0 fully saturated rings. The Morgan fingerprint density at radius 2 is 0.719 bits per heavy atom. The summed E-state index contributed by atoms with van der Waals surface area (Å²) in [6.07, 6.45) is 14.9. The molecule has 0 bridgehead atoms. The van der Waals surface area contributed by atoms with Crippen LogP contribution in [0.1, 0.15) is 59.6 Å². The molecule has 0 saturated heterocycles. The number of rotatable bonds is 13. The Morgan fingerprint density at radius 1 is 0.342 bits per heavy atom. The minimum Gasteiger partial charge on any atom is -0.512 e. The van der Waals surface area contributed by atoms with Gasteiger partial charge in [0.05, 0.1) is 11.3 Å². The number of thiophene rings is 2. The van der Waals surface area contributed by atoms with Crippen LogP contribution in [0.2, 0.25) is 0 Å². The zero-order valence-electron chi connectivity index (χ0n) is 83.9. The number of hydrogen-bond donors (Lipinski definition) is 1. The molecule has 17 heteroatoms. The maximum Gasteiger partial charge on any atom is 0.155 e. The number of aromatic nitrogens is 8. The van der Waals surface area contributed by atoms with Crippen LogP contribution in [-0.4, -0.2) is 50.8 Å². The first-order chi connectivity index (χ1) is 70.3. The fourth-order valence-electron chi connectivity index (χ4n) is 15.5. The number of ketones is 1. The summed E-state index contributed by atoms with van der Waals surface area (Å²) in [4.78, 5) is 45.4. The Balaban J connectivity index is 0.000000173. The van der Waals surface area contributed by atoms with Crippen molar-refractivity contribution in [3.8, 4) is 112 Å².